The molecule has 0 bridgehead atoms. The van der Waals surface area contributed by atoms with Gasteiger partial charge in [0.1, 0.15) is 41.0 Å². The number of nitrogens with zero attached hydrogens (tertiary/aromatic N) is 4. The van der Waals surface area contributed by atoms with Crippen LogP contribution in [0.25, 0.3) is 12.2 Å². The molecule has 21 heteroatoms. The Labute approximate surface area is 522 Å². The Morgan fingerprint density at radius 1 is 0.591 bits per heavy atom. The molecule has 2 aromatic rings. The van der Waals surface area contributed by atoms with E-state index in [2.05, 4.69) is 65.0 Å². The van der Waals surface area contributed by atoms with Crippen molar-refractivity contribution in [3.63, 3.8) is 0 Å². The highest BCUT2D eigenvalue weighted by atomic mass is 16.6. The van der Waals surface area contributed by atoms with E-state index in [0.717, 1.165) is 42.4 Å². The Morgan fingerprint density at radius 2 is 0.966 bits per heavy atom. The second-order valence-corrected chi connectivity index (χ2v) is 27.2. The van der Waals surface area contributed by atoms with Crippen molar-refractivity contribution in [2.24, 2.45) is 23.7 Å². The molecule has 88 heavy (non-hydrogen) atoms. The number of fused-ring (bicyclic) bond motifs is 2. The van der Waals surface area contributed by atoms with Gasteiger partial charge in [-0.2, -0.15) is 0 Å². The van der Waals surface area contributed by atoms with Gasteiger partial charge in [0.05, 0.1) is 36.8 Å². The summed E-state index contributed by atoms with van der Waals surface area (Å²) in [6.07, 6.45) is 9.25. The minimum atomic E-state index is -1.02. The molecule has 8 atom stereocenters. The minimum absolute atomic E-state index is 0.0218. The predicted molar refractivity (Wildman–Crippen MR) is 338 cm³/mol. The van der Waals surface area contributed by atoms with Crippen LogP contribution in [0.4, 0.5) is 4.79 Å². The third kappa shape index (κ3) is 21.9. The van der Waals surface area contributed by atoms with Crippen LogP contribution in [-0.4, -0.2) is 147 Å². The molecule has 2 aliphatic carbocycles. The first-order chi connectivity index (χ1) is 40.8. The van der Waals surface area contributed by atoms with Crippen LogP contribution >= 0.6 is 0 Å². The zero-order chi connectivity index (χ0) is 66.3. The highest BCUT2D eigenvalue weighted by Gasteiger charge is 2.39. The number of esters is 2. The summed E-state index contributed by atoms with van der Waals surface area (Å²) in [4.78, 5) is 116. The summed E-state index contributed by atoms with van der Waals surface area (Å²) in [5.74, 6) is -5.03. The number of benzene rings is 2. The number of hydrazine groups is 2. The standard InChI is InChI=1S/C31H46N4O5.C19H33N3O6.C17H23NO2/c1-9-21-12-13-22-14-15-26(24(22)17-21)34(8)30(39)25-11-10-16-35(33-25)29(38)20(4)32-28(37)23(19(2)3)18-27(36)40-31(5,6)7;1-11(2)13(10-15(23)28-19(4,5)6)16(24)20-12(3)17(25)22-9-7-8-14(21-22)18(26)27;1-6-12-7-8-13-9-10-15(14(13)11-12)18(5)16(19)20-17(2,3)4/h9,12-13,17,19-20,23,25-26,33H,1,10-11,14-16,18H2,2-8H3,(H,32,37);11-14,21H,7-10H2,1-6H3,(H,20,24)(H,26,27);6-8,11,15H,1,9-10H2,2-5H3/t20-,23-,25-,26+;12-,13-,14-;15-/m001/s1. The number of hydrogen-bond donors (Lipinski definition) is 5. The van der Waals surface area contributed by atoms with E-state index in [9.17, 15) is 43.2 Å². The molecule has 4 aliphatic rings. The number of rotatable bonds is 18. The highest BCUT2D eigenvalue weighted by Crippen LogP contribution is 2.38. The fourth-order valence-electron chi connectivity index (χ4n) is 11.0. The van der Waals surface area contributed by atoms with Crippen LogP contribution in [0.15, 0.2) is 49.6 Å². The summed E-state index contributed by atoms with van der Waals surface area (Å²) < 4.78 is 16.1. The lowest BCUT2D eigenvalue weighted by molar-refractivity contribution is -0.158. The van der Waals surface area contributed by atoms with E-state index < -0.39 is 82.5 Å². The normalized spacial score (nSPS) is 19.5. The fraction of sp³-hybridized carbons (Fsp3) is 0.627. The first-order valence-corrected chi connectivity index (χ1v) is 31.0. The van der Waals surface area contributed by atoms with E-state index in [1.165, 1.54) is 33.6 Å². The maximum Gasteiger partial charge on any atom is 0.410 e. The first kappa shape index (κ1) is 73.3. The monoisotopic (exact) mass is 1230 g/mol. The summed E-state index contributed by atoms with van der Waals surface area (Å²) >= 11 is 0. The first-order valence-electron chi connectivity index (χ1n) is 31.0. The van der Waals surface area contributed by atoms with Crippen molar-refractivity contribution in [1.29, 1.82) is 0 Å². The number of likely N-dealkylation sites (N-methyl/N-ethyl adjacent to an activating group) is 1. The number of carboxylic acid groups (broad SMARTS) is 1. The van der Waals surface area contributed by atoms with Crippen molar-refractivity contribution < 1.29 is 62.5 Å². The zero-order valence-corrected chi connectivity index (χ0v) is 55.4. The maximum atomic E-state index is 13.5. The highest BCUT2D eigenvalue weighted by molar-refractivity contribution is 5.91. The SMILES string of the molecule is C=Cc1ccc2c(c1)[C@H](N(C)C(=O)OC(C)(C)C)CC2.C=Cc1ccc2c(c1)[C@H](N(C)C(=O)[C@@H]1CCCN(C(=O)[C@H](C)NC(=O)[C@@H](CC(=O)OC(C)(C)C)C(C)C)N1)CC2.CC(C)[C@H](CC(=O)OC(C)(C)C)C(=O)N[C@@H](C)C(=O)N1CCC[C@@H](C(=O)O)N1. The van der Waals surface area contributed by atoms with Crippen LogP contribution in [0.3, 0.4) is 0 Å². The number of carboxylic acids is 1. The number of ether oxygens (including phenoxy) is 3. The minimum Gasteiger partial charge on any atom is -0.480 e. The number of aliphatic carboxylic acids is 1. The van der Waals surface area contributed by atoms with Crippen molar-refractivity contribution in [2.45, 2.75) is 221 Å². The van der Waals surface area contributed by atoms with E-state index in [1.54, 1.807) is 58.3 Å². The predicted octanol–water partition coefficient (Wildman–Crippen LogP) is 9.04. The van der Waals surface area contributed by atoms with Crippen molar-refractivity contribution in [2.75, 3.05) is 27.2 Å². The van der Waals surface area contributed by atoms with Crippen LogP contribution < -0.4 is 21.5 Å². The molecule has 0 aromatic heterocycles. The lowest BCUT2D eigenvalue weighted by Gasteiger charge is -2.37. The van der Waals surface area contributed by atoms with Crippen LogP contribution in [0.5, 0.6) is 0 Å². The van der Waals surface area contributed by atoms with Gasteiger partial charge in [-0.1, -0.05) is 77.3 Å². The summed E-state index contributed by atoms with van der Waals surface area (Å²) in [5, 5.41) is 17.2. The molecule has 488 valence electrons. The van der Waals surface area contributed by atoms with Crippen LogP contribution in [0, 0.1) is 23.7 Å². The molecule has 2 saturated heterocycles. The molecule has 2 aliphatic heterocycles. The lowest BCUT2D eigenvalue weighted by Crippen LogP contribution is -2.61. The summed E-state index contributed by atoms with van der Waals surface area (Å²) in [6.45, 7) is 35.3. The quantitative estimate of drug-likeness (QED) is 0.0689. The molecule has 5 N–H and O–H groups in total. The fourth-order valence-corrected chi connectivity index (χ4v) is 11.0. The molecular formula is C67H102N8O13. The number of amides is 6. The van der Waals surface area contributed by atoms with Gasteiger partial charge in [-0.15, -0.1) is 0 Å². The van der Waals surface area contributed by atoms with Gasteiger partial charge in [-0.05, 0) is 185 Å². The Balaban J connectivity index is 0.000000300. The third-order valence-corrected chi connectivity index (χ3v) is 15.7. The number of carbonyl (C=O) groups excluding carboxylic acids is 8. The average molecular weight is 1230 g/mol. The Hall–Kier alpha value is -7.13. The van der Waals surface area contributed by atoms with Gasteiger partial charge >= 0.3 is 24.0 Å². The number of hydrogen-bond acceptors (Lipinski definition) is 14. The zero-order valence-electron chi connectivity index (χ0n) is 55.4. The number of carbonyl (C=O) groups is 9. The Morgan fingerprint density at radius 3 is 1.33 bits per heavy atom. The van der Waals surface area contributed by atoms with E-state index in [-0.39, 0.29) is 60.6 Å². The summed E-state index contributed by atoms with van der Waals surface area (Å²) in [5.41, 5.74) is 11.1. The van der Waals surface area contributed by atoms with E-state index >= 15 is 0 Å². The second kappa shape index (κ2) is 31.9. The van der Waals surface area contributed by atoms with E-state index in [1.807, 2.05) is 80.8 Å². The average Bonchev–Trinajstić information content (AvgIpc) is 2.68. The molecule has 0 saturated carbocycles. The van der Waals surface area contributed by atoms with Gasteiger partial charge in [0, 0.05) is 27.2 Å². The van der Waals surface area contributed by atoms with Crippen molar-refractivity contribution in [3.05, 3.63) is 82.9 Å². The molecule has 0 spiro atoms. The smallest absolute Gasteiger partial charge is 0.410 e. The number of aryl methyl sites for hydroxylation is 2. The van der Waals surface area contributed by atoms with Crippen molar-refractivity contribution in [1.82, 2.24) is 41.3 Å². The van der Waals surface area contributed by atoms with Crippen LogP contribution in [0.2, 0.25) is 0 Å². The van der Waals surface area contributed by atoms with Gasteiger partial charge in [0.15, 0.2) is 0 Å². The Kier molecular flexibility index (Phi) is 26.6. The molecule has 6 rings (SSSR count). The van der Waals surface area contributed by atoms with Crippen LogP contribution in [-0.2, 0) is 65.4 Å². The van der Waals surface area contributed by atoms with Gasteiger partial charge in [0.2, 0.25) is 17.7 Å². The Bertz CT molecular complexity index is 2830. The largest absolute Gasteiger partial charge is 0.480 e. The topological polar surface area (TPSA) is 263 Å². The van der Waals surface area contributed by atoms with Gasteiger partial charge < -0.3 is 39.8 Å². The molecule has 2 aromatic carbocycles. The maximum absolute atomic E-state index is 13.5. The van der Waals surface area contributed by atoms with Crippen LogP contribution in [0.1, 0.15) is 201 Å². The van der Waals surface area contributed by atoms with Crippen molar-refractivity contribution in [3.8, 4) is 0 Å². The lowest BCUT2D eigenvalue weighted by atomic mass is 9.91. The van der Waals surface area contributed by atoms with E-state index in [0.29, 0.717) is 38.8 Å². The number of nitrogens with one attached hydrogen (secondary N) is 4. The van der Waals surface area contributed by atoms with E-state index in [4.69, 9.17) is 19.3 Å². The molecule has 2 fully saturated rings. The molecular weight excluding hydrogens is 1120 g/mol. The summed E-state index contributed by atoms with van der Waals surface area (Å²) in [7, 11) is 3.64. The third-order valence-electron chi connectivity index (χ3n) is 15.7. The molecule has 2 heterocycles. The summed E-state index contributed by atoms with van der Waals surface area (Å²) in [6, 6.07) is 9.62. The second-order valence-electron chi connectivity index (χ2n) is 27.2. The molecule has 21 nitrogen and oxygen atoms in total. The van der Waals surface area contributed by atoms with Gasteiger partial charge in [-0.25, -0.2) is 15.6 Å². The molecule has 0 radical (unpaired) electrons. The van der Waals surface area contributed by atoms with Gasteiger partial charge in [-0.3, -0.25) is 48.4 Å². The molecule has 0 unspecified atom stereocenters. The van der Waals surface area contributed by atoms with Gasteiger partial charge in [0.25, 0.3) is 11.8 Å². The van der Waals surface area contributed by atoms with Crippen molar-refractivity contribution >= 4 is 65.7 Å². The molecule has 6 amide bonds.